The molecule has 1 saturated heterocycles. The van der Waals surface area contributed by atoms with Gasteiger partial charge in [0.1, 0.15) is 11.3 Å². The zero-order valence-corrected chi connectivity index (χ0v) is 45.2. The number of fused-ring (bicyclic) bond motifs is 16. The smallest absolute Gasteiger partial charge is 0.160 e. The second-order valence-corrected chi connectivity index (χ2v) is 23.6. The molecule has 4 aliphatic carbocycles. The molecule has 388 valence electrons. The van der Waals surface area contributed by atoms with E-state index in [2.05, 4.69) is 259 Å². The summed E-state index contributed by atoms with van der Waals surface area (Å²) in [4.78, 5) is 2.67. The van der Waals surface area contributed by atoms with Crippen LogP contribution in [0, 0.1) is 17.8 Å². The molecule has 1 aliphatic heterocycles. The standard InChI is InChI=1S/C74H60N4O2/c1-44-20-13-14-27-51(44)65-45(2)66(46-21-7-4-8-22-46)76(3)73(75-65)61-42-47(52-30-19-31-57-58-39-37-55-53-28-15-17-32-63(53)77(49-23-9-5-10-24-49)67(55)70(58)79-69(52)57)34-41-62(61)74-43-48(74)35-36-60-59-40-38-56-54-29-16-18-33-64(54)78(50-25-11-6-12-26-50)68(56)71(59)80-72(60)74/h4-19,21-33,35-40,42,44-45,48,65-66,73,75H,20,34,41,43H2,1-3H3. The first-order valence-corrected chi connectivity index (χ1v) is 28.9. The number of aromatic nitrogens is 2. The molecule has 6 nitrogen and oxygen atoms in total. The second kappa shape index (κ2) is 17.4. The first kappa shape index (κ1) is 46.3. The molecule has 4 aromatic heterocycles. The van der Waals surface area contributed by atoms with Crippen molar-refractivity contribution in [1.82, 2.24) is 19.4 Å². The first-order valence-electron chi connectivity index (χ1n) is 28.9. The topological polar surface area (TPSA) is 51.4 Å². The predicted octanol–water partition coefficient (Wildman–Crippen LogP) is 18.1. The highest BCUT2D eigenvalue weighted by atomic mass is 16.3. The SMILES string of the molecule is CC1CC=CC=C1C1NC(C2=C(C34CC3C=Cc3c4oc4c3ccc3c5ccccc5n(-c5ccccc5)c34)CCC(c3cccc4c3oc3c4ccc4c5ccccc5n(-c5ccccc5)c43)=C2)N(C)C(c2ccccc2)C1C. The normalized spacial score (nSPS) is 23.9. The highest BCUT2D eigenvalue weighted by Gasteiger charge is 2.62. The molecule has 5 heterocycles. The number of benzene rings is 8. The van der Waals surface area contributed by atoms with E-state index in [4.69, 9.17) is 8.83 Å². The molecule has 6 heteroatoms. The lowest BCUT2D eigenvalue weighted by molar-refractivity contribution is 0.0533. The van der Waals surface area contributed by atoms with Crippen LogP contribution in [0.25, 0.3) is 99.5 Å². The van der Waals surface area contributed by atoms with Crippen molar-refractivity contribution in [2.24, 2.45) is 17.8 Å². The van der Waals surface area contributed by atoms with Gasteiger partial charge in [-0.25, -0.2) is 0 Å². The summed E-state index contributed by atoms with van der Waals surface area (Å²) in [5.41, 5.74) is 18.8. The van der Waals surface area contributed by atoms with Crippen molar-refractivity contribution in [2.75, 3.05) is 7.05 Å². The first-order chi connectivity index (χ1) is 39.4. The third-order valence-corrected chi connectivity index (χ3v) is 19.5. The Labute approximate surface area is 464 Å². The lowest BCUT2D eigenvalue weighted by atomic mass is 9.73. The Hall–Kier alpha value is -8.68. The van der Waals surface area contributed by atoms with Crippen LogP contribution >= 0.6 is 0 Å². The Balaban J connectivity index is 0.905. The molecule has 1 N–H and O–H groups in total. The Morgan fingerprint density at radius 2 is 1.18 bits per heavy atom. The maximum absolute atomic E-state index is 7.71. The lowest BCUT2D eigenvalue weighted by Gasteiger charge is -2.51. The highest BCUT2D eigenvalue weighted by molar-refractivity contribution is 6.22. The molecule has 12 aromatic rings. The fraction of sp³-hybridized carbons (Fsp3) is 0.189. The van der Waals surface area contributed by atoms with Gasteiger partial charge in [-0.15, -0.1) is 0 Å². The van der Waals surface area contributed by atoms with Crippen molar-refractivity contribution in [3.05, 3.63) is 252 Å². The number of rotatable bonds is 7. The molecule has 1 saturated carbocycles. The van der Waals surface area contributed by atoms with Gasteiger partial charge in [0.05, 0.1) is 33.6 Å². The summed E-state index contributed by atoms with van der Waals surface area (Å²) in [6.45, 7) is 4.89. The summed E-state index contributed by atoms with van der Waals surface area (Å²) in [6.07, 6.45) is 18.3. The van der Waals surface area contributed by atoms with Crippen molar-refractivity contribution < 1.29 is 8.83 Å². The van der Waals surface area contributed by atoms with Gasteiger partial charge in [-0.1, -0.05) is 184 Å². The van der Waals surface area contributed by atoms with Gasteiger partial charge in [-0.2, -0.15) is 0 Å². The Bertz CT molecular complexity index is 4710. The summed E-state index contributed by atoms with van der Waals surface area (Å²) in [5, 5.41) is 12.8. The molecule has 0 amide bonds. The third-order valence-electron chi connectivity index (χ3n) is 19.5. The zero-order chi connectivity index (χ0) is 53.0. The molecule has 7 unspecified atom stereocenters. The van der Waals surface area contributed by atoms with E-state index in [9.17, 15) is 0 Å². The molecule has 2 fully saturated rings. The Morgan fingerprint density at radius 3 is 1.86 bits per heavy atom. The quantitative estimate of drug-likeness (QED) is 0.173. The fourth-order valence-corrected chi connectivity index (χ4v) is 15.8. The fourth-order valence-electron chi connectivity index (χ4n) is 15.8. The minimum atomic E-state index is -0.304. The number of nitrogens with one attached hydrogen (secondary N) is 1. The summed E-state index contributed by atoms with van der Waals surface area (Å²) in [7, 11) is 2.37. The monoisotopic (exact) mass is 1040 g/mol. The van der Waals surface area contributed by atoms with Gasteiger partial charge in [0.2, 0.25) is 0 Å². The zero-order valence-electron chi connectivity index (χ0n) is 45.2. The van der Waals surface area contributed by atoms with Gasteiger partial charge in [0.15, 0.2) is 11.2 Å². The number of hydrogen-bond donors (Lipinski definition) is 1. The van der Waals surface area contributed by atoms with Gasteiger partial charge >= 0.3 is 0 Å². The van der Waals surface area contributed by atoms with Crippen molar-refractivity contribution in [1.29, 1.82) is 0 Å². The van der Waals surface area contributed by atoms with Crippen LogP contribution in [0.1, 0.15) is 68.0 Å². The Kier molecular flexibility index (Phi) is 10.1. The molecule has 0 spiro atoms. The lowest BCUT2D eigenvalue weighted by Crippen LogP contribution is -2.61. The molecule has 8 aromatic carbocycles. The maximum atomic E-state index is 7.71. The number of nitrogens with zero attached hydrogens (tertiary/aromatic N) is 3. The highest BCUT2D eigenvalue weighted by Crippen LogP contribution is 2.67. The summed E-state index contributed by atoms with van der Waals surface area (Å²) >= 11 is 0. The van der Waals surface area contributed by atoms with E-state index in [0.29, 0.717) is 17.8 Å². The summed E-state index contributed by atoms with van der Waals surface area (Å²) in [6, 6.07) is 66.8. The molecule has 0 bridgehead atoms. The van der Waals surface area contributed by atoms with Crippen LogP contribution in [0.4, 0.5) is 0 Å². The number of allylic oxidation sites excluding steroid dienone is 6. The van der Waals surface area contributed by atoms with Gasteiger partial charge in [0, 0.05) is 72.3 Å². The van der Waals surface area contributed by atoms with Crippen LogP contribution in [-0.4, -0.2) is 33.3 Å². The summed E-state index contributed by atoms with van der Waals surface area (Å²) in [5.74, 6) is 2.17. The van der Waals surface area contributed by atoms with Crippen molar-refractivity contribution in [3.63, 3.8) is 0 Å². The predicted molar refractivity (Wildman–Crippen MR) is 329 cm³/mol. The van der Waals surface area contributed by atoms with Crippen molar-refractivity contribution in [3.8, 4) is 11.4 Å². The molecule has 80 heavy (non-hydrogen) atoms. The second-order valence-electron chi connectivity index (χ2n) is 23.6. The molecule has 5 aliphatic rings. The van der Waals surface area contributed by atoms with Crippen molar-refractivity contribution in [2.45, 2.75) is 63.2 Å². The molecule has 17 rings (SSSR count). The minimum Gasteiger partial charge on any atom is -0.457 e. The molecular weight excluding hydrogens is 977 g/mol. The molecule has 0 radical (unpaired) electrons. The summed E-state index contributed by atoms with van der Waals surface area (Å²) < 4.78 is 20.0. The van der Waals surface area contributed by atoms with Gasteiger partial charge in [-0.05, 0) is 127 Å². The van der Waals surface area contributed by atoms with E-state index in [-0.39, 0.29) is 23.7 Å². The van der Waals surface area contributed by atoms with E-state index in [0.717, 1.165) is 86.9 Å². The largest absolute Gasteiger partial charge is 0.457 e. The average Bonchev–Trinajstić information content (AvgIpc) is 3.87. The van der Waals surface area contributed by atoms with E-state index >= 15 is 0 Å². The van der Waals surface area contributed by atoms with Gasteiger partial charge in [-0.3, -0.25) is 10.2 Å². The van der Waals surface area contributed by atoms with Crippen LogP contribution in [0.3, 0.4) is 0 Å². The van der Waals surface area contributed by atoms with Crippen LogP contribution < -0.4 is 5.32 Å². The molecule has 7 atom stereocenters. The average molecular weight is 1040 g/mol. The van der Waals surface area contributed by atoms with E-state index in [1.54, 1.807) is 0 Å². The van der Waals surface area contributed by atoms with Crippen LogP contribution in [0.15, 0.2) is 238 Å². The third kappa shape index (κ3) is 6.49. The van der Waals surface area contributed by atoms with Crippen LogP contribution in [0.5, 0.6) is 0 Å². The van der Waals surface area contributed by atoms with Crippen molar-refractivity contribution >= 4 is 88.2 Å². The number of para-hydroxylation sites is 5. The van der Waals surface area contributed by atoms with Crippen LogP contribution in [-0.2, 0) is 5.41 Å². The molecular formula is C74H60N4O2. The number of hydrogen-bond acceptors (Lipinski definition) is 4. The van der Waals surface area contributed by atoms with E-state index < -0.39 is 0 Å². The number of furan rings is 2. The van der Waals surface area contributed by atoms with Gasteiger partial charge in [0.25, 0.3) is 0 Å². The number of likely N-dealkylation sites (N-methyl/N-ethyl adjacent to an activating group) is 1. The maximum Gasteiger partial charge on any atom is 0.160 e. The van der Waals surface area contributed by atoms with E-state index in [1.165, 1.54) is 71.4 Å². The van der Waals surface area contributed by atoms with Crippen LogP contribution in [0.2, 0.25) is 0 Å². The van der Waals surface area contributed by atoms with Gasteiger partial charge < -0.3 is 18.0 Å². The minimum absolute atomic E-state index is 0.108. The van der Waals surface area contributed by atoms with E-state index in [1.807, 2.05) is 0 Å². The Morgan fingerprint density at radius 1 is 0.575 bits per heavy atom.